The van der Waals surface area contributed by atoms with E-state index in [4.69, 9.17) is 20.0 Å². The molecule has 0 heterocycles. The van der Waals surface area contributed by atoms with Gasteiger partial charge in [-0.1, -0.05) is 43.7 Å². The summed E-state index contributed by atoms with van der Waals surface area (Å²) in [6.07, 6.45) is 2.02. The molecule has 0 fully saturated rings. The zero-order valence-corrected chi connectivity index (χ0v) is 13.3. The molecule has 0 aliphatic rings. The fourth-order valence-electron chi connectivity index (χ4n) is 1.91. The summed E-state index contributed by atoms with van der Waals surface area (Å²) in [5.41, 5.74) is 0.141. The molecule has 1 unspecified atom stereocenters. The highest BCUT2D eigenvalue weighted by Crippen LogP contribution is 2.11. The molecule has 126 valence electrons. The highest BCUT2D eigenvalue weighted by molar-refractivity contribution is 6.38. The SMILES string of the molecule is CCCCOCCC(C(=N)C(=O)O)C(=O)OCc1ccccc1. The van der Waals surface area contributed by atoms with Crippen LogP contribution in [0.25, 0.3) is 0 Å². The van der Waals surface area contributed by atoms with Crippen LogP contribution in [0.2, 0.25) is 0 Å². The van der Waals surface area contributed by atoms with Crippen LogP contribution >= 0.6 is 0 Å². The van der Waals surface area contributed by atoms with Gasteiger partial charge < -0.3 is 14.6 Å². The monoisotopic (exact) mass is 321 g/mol. The number of carboxylic acid groups (broad SMARTS) is 1. The van der Waals surface area contributed by atoms with Crippen molar-refractivity contribution in [2.24, 2.45) is 5.92 Å². The van der Waals surface area contributed by atoms with Gasteiger partial charge in [-0.15, -0.1) is 0 Å². The maximum atomic E-state index is 12.1. The molecule has 0 aliphatic carbocycles. The van der Waals surface area contributed by atoms with E-state index in [-0.39, 0.29) is 19.6 Å². The van der Waals surface area contributed by atoms with Crippen molar-refractivity contribution >= 4 is 17.7 Å². The standard InChI is InChI=1S/C17H23NO5/c1-2-3-10-22-11-9-14(15(18)16(19)20)17(21)23-12-13-7-5-4-6-8-13/h4-8,14,18H,2-3,9-12H2,1H3,(H,19,20). The Morgan fingerprint density at radius 2 is 1.91 bits per heavy atom. The molecular formula is C17H23NO5. The maximum absolute atomic E-state index is 12.1. The first-order valence-electron chi connectivity index (χ1n) is 7.66. The van der Waals surface area contributed by atoms with Crippen LogP contribution < -0.4 is 0 Å². The van der Waals surface area contributed by atoms with Crippen LogP contribution in [0.5, 0.6) is 0 Å². The number of unbranched alkanes of at least 4 members (excludes halogenated alkanes) is 1. The van der Waals surface area contributed by atoms with E-state index in [0.29, 0.717) is 6.61 Å². The van der Waals surface area contributed by atoms with E-state index < -0.39 is 23.6 Å². The lowest BCUT2D eigenvalue weighted by Gasteiger charge is -2.15. The topological polar surface area (TPSA) is 96.7 Å². The Bertz CT molecular complexity index is 515. The molecule has 0 saturated heterocycles. The highest BCUT2D eigenvalue weighted by atomic mass is 16.5. The van der Waals surface area contributed by atoms with Gasteiger partial charge in [0.2, 0.25) is 0 Å². The molecule has 1 atom stereocenters. The van der Waals surface area contributed by atoms with Crippen LogP contribution in [0.3, 0.4) is 0 Å². The number of rotatable bonds is 11. The van der Waals surface area contributed by atoms with Crippen molar-refractivity contribution in [2.45, 2.75) is 32.8 Å². The second-order valence-electron chi connectivity index (χ2n) is 5.12. The Morgan fingerprint density at radius 3 is 2.52 bits per heavy atom. The molecule has 0 aromatic heterocycles. The summed E-state index contributed by atoms with van der Waals surface area (Å²) in [6, 6.07) is 9.10. The molecule has 23 heavy (non-hydrogen) atoms. The minimum atomic E-state index is -1.42. The van der Waals surface area contributed by atoms with Crippen molar-refractivity contribution in [2.75, 3.05) is 13.2 Å². The van der Waals surface area contributed by atoms with Gasteiger partial charge in [-0.05, 0) is 18.4 Å². The molecular weight excluding hydrogens is 298 g/mol. The van der Waals surface area contributed by atoms with Crippen LogP contribution in [0, 0.1) is 11.3 Å². The number of benzene rings is 1. The number of carboxylic acids is 1. The van der Waals surface area contributed by atoms with Crippen LogP contribution in [0.1, 0.15) is 31.7 Å². The molecule has 0 aliphatic heterocycles. The lowest BCUT2D eigenvalue weighted by atomic mass is 10.00. The Labute approximate surface area is 135 Å². The second-order valence-corrected chi connectivity index (χ2v) is 5.12. The Balaban J connectivity index is 2.54. The van der Waals surface area contributed by atoms with Crippen molar-refractivity contribution in [1.29, 1.82) is 5.41 Å². The van der Waals surface area contributed by atoms with Crippen LogP contribution in [0.15, 0.2) is 30.3 Å². The lowest BCUT2D eigenvalue weighted by molar-refractivity contribution is -0.149. The number of hydrogen-bond donors (Lipinski definition) is 2. The highest BCUT2D eigenvalue weighted by Gasteiger charge is 2.29. The smallest absolute Gasteiger partial charge is 0.350 e. The summed E-state index contributed by atoms with van der Waals surface area (Å²) >= 11 is 0. The van der Waals surface area contributed by atoms with Gasteiger partial charge in [0.05, 0.1) is 0 Å². The first kappa shape index (κ1) is 18.8. The second kappa shape index (κ2) is 10.5. The zero-order valence-electron chi connectivity index (χ0n) is 13.3. The van der Waals surface area contributed by atoms with Gasteiger partial charge >= 0.3 is 11.9 Å². The van der Waals surface area contributed by atoms with E-state index in [1.165, 1.54) is 0 Å². The summed E-state index contributed by atoms with van der Waals surface area (Å²) in [5.74, 6) is -3.24. The Morgan fingerprint density at radius 1 is 1.22 bits per heavy atom. The number of esters is 1. The van der Waals surface area contributed by atoms with Crippen molar-refractivity contribution in [3.8, 4) is 0 Å². The van der Waals surface area contributed by atoms with Crippen molar-refractivity contribution in [3.63, 3.8) is 0 Å². The van der Waals surface area contributed by atoms with Gasteiger partial charge in [0.15, 0.2) is 0 Å². The van der Waals surface area contributed by atoms with Gasteiger partial charge in [0.25, 0.3) is 0 Å². The molecule has 0 amide bonds. The fourth-order valence-corrected chi connectivity index (χ4v) is 1.91. The van der Waals surface area contributed by atoms with Gasteiger partial charge in [-0.2, -0.15) is 0 Å². The summed E-state index contributed by atoms with van der Waals surface area (Å²) in [7, 11) is 0. The van der Waals surface area contributed by atoms with Gasteiger partial charge in [0.1, 0.15) is 18.2 Å². The minimum absolute atomic E-state index is 0.0553. The zero-order chi connectivity index (χ0) is 17.1. The van der Waals surface area contributed by atoms with E-state index in [0.717, 1.165) is 18.4 Å². The molecule has 0 bridgehead atoms. The number of aliphatic carboxylic acids is 1. The van der Waals surface area contributed by atoms with E-state index in [1.807, 2.05) is 25.1 Å². The van der Waals surface area contributed by atoms with Gasteiger partial charge in [-0.25, -0.2) is 4.79 Å². The van der Waals surface area contributed by atoms with E-state index in [1.54, 1.807) is 12.1 Å². The summed E-state index contributed by atoms with van der Waals surface area (Å²) in [6.45, 7) is 2.87. The first-order chi connectivity index (χ1) is 11.1. The third kappa shape index (κ3) is 7.06. The average molecular weight is 321 g/mol. The first-order valence-corrected chi connectivity index (χ1v) is 7.66. The summed E-state index contributed by atoms with van der Waals surface area (Å²) in [4.78, 5) is 23.1. The summed E-state index contributed by atoms with van der Waals surface area (Å²) in [5, 5.41) is 16.5. The van der Waals surface area contributed by atoms with Crippen molar-refractivity contribution < 1.29 is 24.2 Å². The molecule has 1 aromatic rings. The molecule has 2 N–H and O–H groups in total. The van der Waals surface area contributed by atoms with Crippen molar-refractivity contribution in [1.82, 2.24) is 0 Å². The number of carbonyl (C=O) groups is 2. The predicted molar refractivity (Wildman–Crippen MR) is 85.4 cm³/mol. The number of ether oxygens (including phenoxy) is 2. The predicted octanol–water partition coefficient (Wildman–Crippen LogP) is 2.66. The van der Waals surface area contributed by atoms with Gasteiger partial charge in [0, 0.05) is 13.2 Å². The minimum Gasteiger partial charge on any atom is -0.477 e. The molecule has 0 radical (unpaired) electrons. The fraction of sp³-hybridized carbons (Fsp3) is 0.471. The van der Waals surface area contributed by atoms with Crippen LogP contribution in [0.4, 0.5) is 0 Å². The number of nitrogens with one attached hydrogen (secondary N) is 1. The quantitative estimate of drug-likeness (QED) is 0.371. The molecule has 0 saturated carbocycles. The lowest BCUT2D eigenvalue weighted by Crippen LogP contribution is -2.32. The largest absolute Gasteiger partial charge is 0.477 e. The molecule has 6 heteroatoms. The van der Waals surface area contributed by atoms with Crippen LogP contribution in [-0.2, 0) is 25.7 Å². The van der Waals surface area contributed by atoms with Crippen molar-refractivity contribution in [3.05, 3.63) is 35.9 Å². The van der Waals surface area contributed by atoms with Gasteiger partial charge in [-0.3, -0.25) is 10.2 Å². The normalized spacial score (nSPS) is 11.7. The van der Waals surface area contributed by atoms with E-state index >= 15 is 0 Å². The van der Waals surface area contributed by atoms with E-state index in [2.05, 4.69) is 0 Å². The molecule has 6 nitrogen and oxygen atoms in total. The Hall–Kier alpha value is -2.21. The number of carbonyl (C=O) groups excluding carboxylic acids is 1. The molecule has 0 spiro atoms. The summed E-state index contributed by atoms with van der Waals surface area (Å²) < 4.78 is 10.5. The average Bonchev–Trinajstić information content (AvgIpc) is 2.56. The molecule has 1 aromatic carbocycles. The molecule has 1 rings (SSSR count). The number of hydrogen-bond acceptors (Lipinski definition) is 5. The third-order valence-corrected chi connectivity index (χ3v) is 3.28. The maximum Gasteiger partial charge on any atom is 0.350 e. The third-order valence-electron chi connectivity index (χ3n) is 3.28. The Kier molecular flexibility index (Phi) is 8.60. The van der Waals surface area contributed by atoms with E-state index in [9.17, 15) is 9.59 Å². The van der Waals surface area contributed by atoms with Crippen LogP contribution in [-0.4, -0.2) is 36.0 Å².